The van der Waals surface area contributed by atoms with Gasteiger partial charge < -0.3 is 21.1 Å². The third-order valence-corrected chi connectivity index (χ3v) is 9.69. The van der Waals surface area contributed by atoms with Crippen molar-refractivity contribution in [1.82, 2.24) is 15.5 Å². The van der Waals surface area contributed by atoms with E-state index in [0.717, 1.165) is 16.1 Å². The van der Waals surface area contributed by atoms with Crippen molar-refractivity contribution in [2.45, 2.75) is 57.1 Å². The first-order chi connectivity index (χ1) is 21.5. The summed E-state index contributed by atoms with van der Waals surface area (Å²) in [4.78, 5) is 41.9. The molecule has 0 saturated carbocycles. The second-order valence-electron chi connectivity index (χ2n) is 12.2. The minimum absolute atomic E-state index is 0.00921. The number of benzene rings is 3. The number of aliphatic hydroxyl groups excluding tert-OH is 1. The third kappa shape index (κ3) is 7.90. The highest BCUT2D eigenvalue weighted by Gasteiger charge is 2.51. The lowest BCUT2D eigenvalue weighted by molar-refractivity contribution is -0.743. The van der Waals surface area contributed by atoms with E-state index in [4.69, 9.17) is 0 Å². The van der Waals surface area contributed by atoms with Crippen molar-refractivity contribution in [3.8, 4) is 0 Å². The van der Waals surface area contributed by atoms with Crippen LogP contribution < -0.4 is 20.3 Å². The lowest BCUT2D eigenvalue weighted by Gasteiger charge is -2.27. The monoisotopic (exact) mass is 654 g/mol. The van der Waals surface area contributed by atoms with E-state index >= 15 is 0 Å². The van der Waals surface area contributed by atoms with Gasteiger partial charge in [-0.25, -0.2) is 12.8 Å². The summed E-state index contributed by atoms with van der Waals surface area (Å²) >= 11 is 0. The minimum atomic E-state index is -3.77. The summed E-state index contributed by atoms with van der Waals surface area (Å²) in [5.74, 6) is -1.97. The fraction of sp³-hybridized carbons (Fsp3) is 0.364. The predicted octanol–water partition coefficient (Wildman–Crippen LogP) is 1.55. The summed E-state index contributed by atoms with van der Waals surface area (Å²) < 4.78 is 39.2. The van der Waals surface area contributed by atoms with E-state index in [2.05, 4.69) is 10.6 Å². The number of hydrogen-bond donors (Lipinski definition) is 4. The average molecular weight is 655 g/mol. The van der Waals surface area contributed by atoms with Gasteiger partial charge >= 0.3 is 0 Å². The summed E-state index contributed by atoms with van der Waals surface area (Å²) in [6, 6.07) is 16.5. The van der Waals surface area contributed by atoms with Crippen molar-refractivity contribution in [2.75, 3.05) is 24.7 Å². The number of nitrogens with two attached hydrogens (primary N) is 1. The number of nitrogens with one attached hydrogen (secondary N) is 2. The number of aliphatic hydroxyl groups is 1. The molecule has 4 rings (SSSR count). The number of rotatable bonds is 11. The Balaban J connectivity index is 1.67. The van der Waals surface area contributed by atoms with E-state index in [1.54, 1.807) is 24.2 Å². The average Bonchev–Trinajstić information content (AvgIpc) is 3.22. The fourth-order valence-corrected chi connectivity index (χ4v) is 5.85. The Morgan fingerprint density at radius 1 is 1.02 bits per heavy atom. The van der Waals surface area contributed by atoms with Crippen LogP contribution >= 0.6 is 0 Å². The topological polar surface area (TPSA) is 153 Å². The lowest BCUT2D eigenvalue weighted by Crippen LogP contribution is -3.00. The van der Waals surface area contributed by atoms with Gasteiger partial charge in [-0.1, -0.05) is 42.5 Å². The molecule has 4 atom stereocenters. The van der Waals surface area contributed by atoms with Crippen LogP contribution in [0.15, 0.2) is 72.8 Å². The van der Waals surface area contributed by atoms with Crippen molar-refractivity contribution in [3.63, 3.8) is 0 Å². The number of carbonyl (C=O) groups excluding carboxylic acids is 3. The molecule has 0 radical (unpaired) electrons. The quantitative estimate of drug-likeness (QED) is 0.246. The van der Waals surface area contributed by atoms with Crippen molar-refractivity contribution in [1.29, 1.82) is 0 Å². The Labute approximate surface area is 268 Å². The van der Waals surface area contributed by atoms with Gasteiger partial charge in [-0.3, -0.25) is 23.6 Å². The molecule has 1 aliphatic heterocycles. The second-order valence-corrected chi connectivity index (χ2v) is 14.3. The zero-order valence-electron chi connectivity index (χ0n) is 26.7. The van der Waals surface area contributed by atoms with Gasteiger partial charge in [0.05, 0.1) is 24.0 Å². The third-order valence-electron chi connectivity index (χ3n) is 8.48. The molecule has 11 nitrogen and oxygen atoms in total. The summed E-state index contributed by atoms with van der Waals surface area (Å²) in [5, 5.41) is 18.9. The van der Waals surface area contributed by atoms with Crippen molar-refractivity contribution < 1.29 is 37.6 Å². The number of sulfonamides is 1. The van der Waals surface area contributed by atoms with Crippen LogP contribution in [0, 0.1) is 5.82 Å². The molecule has 46 heavy (non-hydrogen) atoms. The Morgan fingerprint density at radius 3 is 2.11 bits per heavy atom. The maximum absolute atomic E-state index is 13.8. The van der Waals surface area contributed by atoms with Gasteiger partial charge in [0.15, 0.2) is 11.7 Å². The zero-order chi connectivity index (χ0) is 34.0. The van der Waals surface area contributed by atoms with Gasteiger partial charge in [0.2, 0.25) is 10.0 Å². The van der Waals surface area contributed by atoms with E-state index in [0.29, 0.717) is 5.56 Å². The Morgan fingerprint density at radius 2 is 1.59 bits per heavy atom. The molecule has 1 aliphatic rings. The van der Waals surface area contributed by atoms with Gasteiger partial charge in [0.25, 0.3) is 17.7 Å². The molecule has 3 aromatic carbocycles. The molecule has 1 heterocycles. The number of quaternary nitrogens is 1. The number of carbonyl (C=O) groups is 3. The molecule has 0 spiro atoms. The number of hydrogen-bond acceptors (Lipinski definition) is 6. The number of nitrogens with zero attached hydrogens (tertiary/aromatic N) is 2. The number of halogens is 1. The molecule has 1 saturated heterocycles. The van der Waals surface area contributed by atoms with Gasteiger partial charge in [0.1, 0.15) is 11.9 Å². The first kappa shape index (κ1) is 34.5. The van der Waals surface area contributed by atoms with E-state index < -0.39 is 57.5 Å². The van der Waals surface area contributed by atoms with Crippen LogP contribution in [0.25, 0.3) is 0 Å². The van der Waals surface area contributed by atoms with Crippen LogP contribution in [0.1, 0.15) is 58.7 Å². The van der Waals surface area contributed by atoms with E-state index in [-0.39, 0.29) is 29.1 Å². The summed E-state index contributed by atoms with van der Waals surface area (Å²) in [6.45, 7) is 5.42. The normalized spacial score (nSPS) is 18.0. The molecule has 0 unspecified atom stereocenters. The molecular weight excluding hydrogens is 613 g/mol. The number of likely N-dealkylation sites (N-methyl/N-ethyl adjacent to an activating group) is 1. The Bertz CT molecular complexity index is 1700. The van der Waals surface area contributed by atoms with Crippen LogP contribution in [-0.4, -0.2) is 80.3 Å². The SMILES string of the molecule is C[C@@H](NC(=O)c1cc(C(=O)N[C@@H](Cc2ccccc2)[C@H](O)[C@@H]2[NH2+]C(C)(C)N(C)C2=O)cc(N(C)S(C)(=O)=O)c1)c1ccc(F)cc1. The largest absolute Gasteiger partial charge is 0.384 e. The first-order valence-corrected chi connectivity index (χ1v) is 16.6. The molecule has 5 N–H and O–H groups in total. The Kier molecular flexibility index (Phi) is 10.2. The van der Waals surface area contributed by atoms with Crippen LogP contribution in [0.4, 0.5) is 10.1 Å². The summed E-state index contributed by atoms with van der Waals surface area (Å²) in [7, 11) is -0.815. The molecule has 3 amide bonds. The van der Waals surface area contributed by atoms with Crippen LogP contribution in [0.5, 0.6) is 0 Å². The van der Waals surface area contributed by atoms with Crippen LogP contribution in [0.3, 0.4) is 0 Å². The molecule has 246 valence electrons. The van der Waals surface area contributed by atoms with Crippen molar-refractivity contribution in [2.24, 2.45) is 0 Å². The predicted molar refractivity (Wildman–Crippen MR) is 172 cm³/mol. The van der Waals surface area contributed by atoms with E-state index in [9.17, 15) is 32.3 Å². The van der Waals surface area contributed by atoms with Gasteiger partial charge in [-0.05, 0) is 54.8 Å². The van der Waals surface area contributed by atoms with Gasteiger partial charge in [-0.15, -0.1) is 0 Å². The smallest absolute Gasteiger partial charge is 0.288 e. The van der Waals surface area contributed by atoms with Gasteiger partial charge in [-0.2, -0.15) is 0 Å². The maximum Gasteiger partial charge on any atom is 0.288 e. The molecule has 13 heteroatoms. The molecule has 0 bridgehead atoms. The van der Waals surface area contributed by atoms with Gasteiger partial charge in [0, 0.05) is 39.1 Å². The highest BCUT2D eigenvalue weighted by molar-refractivity contribution is 7.92. The molecular formula is C33H41FN5O6S+. The number of amides is 3. The van der Waals surface area contributed by atoms with Crippen molar-refractivity contribution >= 4 is 33.4 Å². The van der Waals surface area contributed by atoms with E-state index in [1.165, 1.54) is 49.5 Å². The standard InChI is InChI=1S/C33H40FN5O6S/c1-20(22-12-14-25(34)15-13-22)35-30(41)23-17-24(19-26(18-23)39(5)46(6,44)45)31(42)36-27(16-21-10-8-7-9-11-21)29(40)28-32(43)38(4)33(2,3)37-28/h7-15,17-20,27-29,37,40H,16H2,1-6H3,(H,35,41)(H,36,42)/p+1/t20-,27+,28+,29+/m1/s1. The first-order valence-electron chi connectivity index (χ1n) is 14.8. The Hall–Kier alpha value is -4.33. The summed E-state index contributed by atoms with van der Waals surface area (Å²) in [5.41, 5.74) is 0.888. The zero-order valence-corrected chi connectivity index (χ0v) is 27.5. The molecule has 3 aromatic rings. The van der Waals surface area contributed by atoms with Crippen LogP contribution in [0.2, 0.25) is 0 Å². The molecule has 0 aromatic heterocycles. The van der Waals surface area contributed by atoms with Crippen molar-refractivity contribution in [3.05, 3.63) is 101 Å². The molecule has 1 fully saturated rings. The highest BCUT2D eigenvalue weighted by Crippen LogP contribution is 2.23. The van der Waals surface area contributed by atoms with E-state index in [1.807, 2.05) is 44.2 Å². The van der Waals surface area contributed by atoms with Crippen LogP contribution in [-0.2, 0) is 21.2 Å². The number of anilines is 1. The second kappa shape index (κ2) is 13.6. The summed E-state index contributed by atoms with van der Waals surface area (Å²) in [6.07, 6.45) is -0.0983. The minimum Gasteiger partial charge on any atom is -0.384 e. The molecule has 0 aliphatic carbocycles. The maximum atomic E-state index is 13.8. The fourth-order valence-electron chi connectivity index (χ4n) is 5.36. The lowest BCUT2D eigenvalue weighted by atomic mass is 9.95. The highest BCUT2D eigenvalue weighted by atomic mass is 32.2.